The molecule has 0 amide bonds. The molecule has 0 rings (SSSR count). The molecule has 0 fully saturated rings. The molecular formula is C16H30O2. The molecule has 0 aliphatic carbocycles. The third-order valence-corrected chi connectivity index (χ3v) is 3.07. The van der Waals surface area contributed by atoms with E-state index < -0.39 is 0 Å². The first-order chi connectivity index (χ1) is 8.66. The number of hydrogen-bond acceptors (Lipinski definition) is 2. The Kier molecular flexibility index (Phi) is 12.1. The molecule has 2 nitrogen and oxygen atoms in total. The Morgan fingerprint density at radius 2 is 1.83 bits per heavy atom. The van der Waals surface area contributed by atoms with E-state index in [0.29, 0.717) is 12.5 Å². The molecule has 1 atom stereocenters. The highest BCUT2D eigenvalue weighted by Gasteiger charge is 1.98. The number of hydrogen-bond donors (Lipinski definition) is 0. The Bertz CT molecular complexity index is 221. The van der Waals surface area contributed by atoms with E-state index in [2.05, 4.69) is 26.0 Å². The van der Waals surface area contributed by atoms with Crippen LogP contribution >= 0.6 is 0 Å². The number of allylic oxidation sites excluding steroid dienone is 2. The molecule has 0 aliphatic rings. The molecule has 1 unspecified atom stereocenters. The van der Waals surface area contributed by atoms with Crippen molar-refractivity contribution in [1.29, 1.82) is 0 Å². The molecule has 18 heavy (non-hydrogen) atoms. The largest absolute Gasteiger partial charge is 0.466 e. The van der Waals surface area contributed by atoms with E-state index in [1.54, 1.807) is 0 Å². The number of carbonyl (C=O) groups excluding carboxylic acids is 1. The van der Waals surface area contributed by atoms with Gasteiger partial charge in [0.15, 0.2) is 0 Å². The van der Waals surface area contributed by atoms with Crippen LogP contribution in [-0.4, -0.2) is 12.6 Å². The minimum atomic E-state index is -0.182. The first-order valence-electron chi connectivity index (χ1n) is 7.46. The molecule has 0 aliphatic heterocycles. The highest BCUT2D eigenvalue weighted by molar-refractivity contribution is 5.65. The minimum Gasteiger partial charge on any atom is -0.466 e. The first-order valence-corrected chi connectivity index (χ1v) is 7.46. The van der Waals surface area contributed by atoms with Crippen LogP contribution in [0.1, 0.15) is 72.1 Å². The second kappa shape index (κ2) is 12.7. The topological polar surface area (TPSA) is 26.3 Å². The highest BCUT2D eigenvalue weighted by atomic mass is 16.5. The predicted octanol–water partition coefficient (Wildman–Crippen LogP) is 4.88. The van der Waals surface area contributed by atoms with Gasteiger partial charge in [0.25, 0.3) is 0 Å². The summed E-state index contributed by atoms with van der Waals surface area (Å²) < 4.78 is 4.92. The summed E-state index contributed by atoms with van der Waals surface area (Å²) in [5, 5.41) is 0. The van der Waals surface area contributed by atoms with Crippen molar-refractivity contribution in [2.24, 2.45) is 5.92 Å². The summed E-state index contributed by atoms with van der Waals surface area (Å²) in [4.78, 5) is 10.6. The molecule has 0 aromatic rings. The van der Waals surface area contributed by atoms with Crippen molar-refractivity contribution in [2.45, 2.75) is 72.1 Å². The van der Waals surface area contributed by atoms with Crippen LogP contribution in [0.4, 0.5) is 0 Å². The number of unbranched alkanes of at least 4 members (excludes halogenated alkanes) is 6. The van der Waals surface area contributed by atoms with Crippen LogP contribution < -0.4 is 0 Å². The molecule has 0 saturated carbocycles. The van der Waals surface area contributed by atoms with Gasteiger partial charge in [-0.05, 0) is 25.2 Å². The number of carbonyl (C=O) groups is 1. The number of ether oxygens (including phenoxy) is 1. The van der Waals surface area contributed by atoms with Crippen LogP contribution in [0, 0.1) is 5.92 Å². The van der Waals surface area contributed by atoms with Crippen molar-refractivity contribution in [1.82, 2.24) is 0 Å². The van der Waals surface area contributed by atoms with Gasteiger partial charge in [-0.1, -0.05) is 58.1 Å². The Hall–Kier alpha value is -0.790. The van der Waals surface area contributed by atoms with Gasteiger partial charge in [-0.15, -0.1) is 0 Å². The van der Waals surface area contributed by atoms with E-state index in [-0.39, 0.29) is 5.97 Å². The predicted molar refractivity (Wildman–Crippen MR) is 77.5 cm³/mol. The van der Waals surface area contributed by atoms with Crippen molar-refractivity contribution in [2.75, 3.05) is 6.61 Å². The Balaban J connectivity index is 3.31. The van der Waals surface area contributed by atoms with Gasteiger partial charge in [-0.25, -0.2) is 0 Å². The Morgan fingerprint density at radius 1 is 1.17 bits per heavy atom. The molecule has 0 heterocycles. The Labute approximate surface area is 113 Å². The van der Waals surface area contributed by atoms with Gasteiger partial charge in [0.1, 0.15) is 0 Å². The van der Waals surface area contributed by atoms with Crippen LogP contribution in [0.5, 0.6) is 0 Å². The van der Waals surface area contributed by atoms with Gasteiger partial charge in [-0.2, -0.15) is 0 Å². The monoisotopic (exact) mass is 254 g/mol. The zero-order valence-electron chi connectivity index (χ0n) is 12.4. The van der Waals surface area contributed by atoms with E-state index in [1.165, 1.54) is 51.9 Å². The van der Waals surface area contributed by atoms with Crippen LogP contribution in [0.3, 0.4) is 0 Å². The second-order valence-electron chi connectivity index (χ2n) is 5.09. The van der Waals surface area contributed by atoms with Crippen molar-refractivity contribution in [3.05, 3.63) is 12.2 Å². The molecule has 0 saturated heterocycles. The SMILES string of the molecule is CCCCCCCCC=CC(C)CCOC(C)=O. The quantitative estimate of drug-likeness (QED) is 0.298. The van der Waals surface area contributed by atoms with Gasteiger partial charge < -0.3 is 4.74 Å². The molecule has 2 heteroatoms. The minimum absolute atomic E-state index is 0.182. The lowest BCUT2D eigenvalue weighted by Crippen LogP contribution is -2.03. The van der Waals surface area contributed by atoms with E-state index in [4.69, 9.17) is 4.74 Å². The first kappa shape index (κ1) is 17.2. The third kappa shape index (κ3) is 13.3. The summed E-state index contributed by atoms with van der Waals surface area (Å²) in [7, 11) is 0. The Morgan fingerprint density at radius 3 is 2.50 bits per heavy atom. The lowest BCUT2D eigenvalue weighted by molar-refractivity contribution is -0.141. The van der Waals surface area contributed by atoms with Gasteiger partial charge >= 0.3 is 5.97 Å². The van der Waals surface area contributed by atoms with E-state index in [9.17, 15) is 4.79 Å². The normalized spacial score (nSPS) is 12.8. The van der Waals surface area contributed by atoms with Crippen LogP contribution in [0.2, 0.25) is 0 Å². The zero-order chi connectivity index (χ0) is 13.6. The van der Waals surface area contributed by atoms with E-state index in [0.717, 1.165) is 6.42 Å². The fourth-order valence-corrected chi connectivity index (χ4v) is 1.86. The number of esters is 1. The van der Waals surface area contributed by atoms with E-state index in [1.807, 2.05) is 0 Å². The lowest BCUT2D eigenvalue weighted by Gasteiger charge is -2.05. The molecular weight excluding hydrogens is 224 g/mol. The van der Waals surface area contributed by atoms with Crippen molar-refractivity contribution in [3.63, 3.8) is 0 Å². The maximum atomic E-state index is 10.6. The fraction of sp³-hybridized carbons (Fsp3) is 0.812. The molecule has 106 valence electrons. The van der Waals surface area contributed by atoms with Crippen molar-refractivity contribution in [3.8, 4) is 0 Å². The van der Waals surface area contributed by atoms with Crippen molar-refractivity contribution >= 4 is 5.97 Å². The molecule has 0 radical (unpaired) electrons. The van der Waals surface area contributed by atoms with Crippen LogP contribution in [0.25, 0.3) is 0 Å². The standard InChI is InChI=1S/C16H30O2/c1-4-5-6-7-8-9-10-11-12-15(2)13-14-18-16(3)17/h11-12,15H,4-10,13-14H2,1-3H3. The average molecular weight is 254 g/mol. The summed E-state index contributed by atoms with van der Waals surface area (Å²) in [5.74, 6) is 0.322. The zero-order valence-corrected chi connectivity index (χ0v) is 12.4. The van der Waals surface area contributed by atoms with Crippen LogP contribution in [-0.2, 0) is 9.53 Å². The van der Waals surface area contributed by atoms with Gasteiger partial charge in [0.2, 0.25) is 0 Å². The smallest absolute Gasteiger partial charge is 0.302 e. The molecule has 0 bridgehead atoms. The fourth-order valence-electron chi connectivity index (χ4n) is 1.86. The number of rotatable bonds is 11. The highest BCUT2D eigenvalue weighted by Crippen LogP contribution is 2.09. The van der Waals surface area contributed by atoms with Gasteiger partial charge in [-0.3, -0.25) is 4.79 Å². The summed E-state index contributed by atoms with van der Waals surface area (Å²) in [6.07, 6.45) is 14.7. The van der Waals surface area contributed by atoms with Gasteiger partial charge in [0, 0.05) is 6.92 Å². The molecule has 0 aromatic heterocycles. The van der Waals surface area contributed by atoms with Gasteiger partial charge in [0.05, 0.1) is 6.61 Å². The summed E-state index contributed by atoms with van der Waals surface area (Å²) >= 11 is 0. The third-order valence-electron chi connectivity index (χ3n) is 3.07. The summed E-state index contributed by atoms with van der Waals surface area (Å²) in [5.41, 5.74) is 0. The maximum absolute atomic E-state index is 10.6. The van der Waals surface area contributed by atoms with E-state index >= 15 is 0 Å². The average Bonchev–Trinajstić information content (AvgIpc) is 2.32. The molecule has 0 N–H and O–H groups in total. The van der Waals surface area contributed by atoms with Crippen LogP contribution in [0.15, 0.2) is 12.2 Å². The molecule has 0 aromatic carbocycles. The summed E-state index contributed by atoms with van der Waals surface area (Å²) in [6, 6.07) is 0. The summed E-state index contributed by atoms with van der Waals surface area (Å²) in [6.45, 7) is 6.41. The van der Waals surface area contributed by atoms with Crippen molar-refractivity contribution < 1.29 is 9.53 Å². The molecule has 0 spiro atoms. The lowest BCUT2D eigenvalue weighted by atomic mass is 10.1. The maximum Gasteiger partial charge on any atom is 0.302 e. The second-order valence-corrected chi connectivity index (χ2v) is 5.09.